The van der Waals surface area contributed by atoms with Gasteiger partial charge in [0.05, 0.1) is 12.7 Å². The zero-order valence-corrected chi connectivity index (χ0v) is 12.6. The van der Waals surface area contributed by atoms with Gasteiger partial charge in [-0.1, -0.05) is 18.2 Å². The molecule has 3 aromatic rings. The molecule has 0 saturated heterocycles. The number of imidazole rings is 1. The molecule has 0 aliphatic carbocycles. The lowest BCUT2D eigenvalue weighted by Crippen LogP contribution is -2.09. The van der Waals surface area contributed by atoms with Gasteiger partial charge in [-0.05, 0) is 19.1 Å². The normalized spacial score (nSPS) is 11.9. The lowest BCUT2D eigenvalue weighted by molar-refractivity contribution is -0.137. The quantitative estimate of drug-likeness (QED) is 0.728. The van der Waals surface area contributed by atoms with Gasteiger partial charge in [0, 0.05) is 18.2 Å². The van der Waals surface area contributed by atoms with Crippen molar-refractivity contribution >= 4 is 11.2 Å². The topological polar surface area (TPSA) is 39.9 Å². The van der Waals surface area contributed by atoms with Crippen molar-refractivity contribution in [2.24, 2.45) is 0 Å². The third kappa shape index (κ3) is 2.62. The number of alkyl halides is 3. The Hall–Kier alpha value is -2.57. The van der Waals surface area contributed by atoms with Crippen LogP contribution in [0.15, 0.2) is 36.4 Å². The van der Waals surface area contributed by atoms with Gasteiger partial charge in [-0.25, -0.2) is 4.98 Å². The molecule has 2 heterocycles. The fourth-order valence-electron chi connectivity index (χ4n) is 2.53. The predicted octanol–water partition coefficient (Wildman–Crippen LogP) is 4.15. The van der Waals surface area contributed by atoms with Crippen molar-refractivity contribution in [1.29, 1.82) is 0 Å². The van der Waals surface area contributed by atoms with Crippen LogP contribution in [0.2, 0.25) is 0 Å². The number of hydrogen-bond donors (Lipinski definition) is 0. The molecular weight excluding hydrogens is 307 g/mol. The number of pyridine rings is 1. The van der Waals surface area contributed by atoms with E-state index in [1.54, 1.807) is 22.8 Å². The van der Waals surface area contributed by atoms with Crippen LogP contribution in [0, 0.1) is 0 Å². The van der Waals surface area contributed by atoms with Gasteiger partial charge < -0.3 is 9.30 Å². The van der Waals surface area contributed by atoms with Gasteiger partial charge in [-0.2, -0.15) is 18.2 Å². The summed E-state index contributed by atoms with van der Waals surface area (Å²) < 4.78 is 46.6. The van der Waals surface area contributed by atoms with Crippen LogP contribution in [-0.4, -0.2) is 21.6 Å². The van der Waals surface area contributed by atoms with E-state index in [0.717, 1.165) is 6.07 Å². The van der Waals surface area contributed by atoms with E-state index in [9.17, 15) is 13.2 Å². The molecule has 0 aliphatic heterocycles. The summed E-state index contributed by atoms with van der Waals surface area (Å²) in [4.78, 5) is 8.65. The zero-order valence-electron chi connectivity index (χ0n) is 12.6. The highest BCUT2D eigenvalue weighted by Crippen LogP contribution is 2.37. The monoisotopic (exact) mass is 321 g/mol. The van der Waals surface area contributed by atoms with Crippen LogP contribution in [0.4, 0.5) is 13.2 Å². The molecule has 0 bridgehead atoms. The SMILES string of the molecule is CCn1c(-c2ccccc2C(F)(F)F)nc2ccc(OC)nc21. The van der Waals surface area contributed by atoms with Gasteiger partial charge in [-0.3, -0.25) is 0 Å². The predicted molar refractivity (Wildman–Crippen MR) is 80.2 cm³/mol. The Morgan fingerprint density at radius 1 is 1.09 bits per heavy atom. The Kier molecular flexibility index (Phi) is 3.71. The molecule has 23 heavy (non-hydrogen) atoms. The first-order chi connectivity index (χ1) is 11.0. The third-order valence-corrected chi connectivity index (χ3v) is 3.57. The second-order valence-electron chi connectivity index (χ2n) is 4.92. The molecule has 0 spiro atoms. The highest BCUT2D eigenvalue weighted by atomic mass is 19.4. The van der Waals surface area contributed by atoms with Gasteiger partial charge >= 0.3 is 6.18 Å². The Morgan fingerprint density at radius 2 is 1.83 bits per heavy atom. The smallest absolute Gasteiger partial charge is 0.417 e. The minimum atomic E-state index is -4.45. The van der Waals surface area contributed by atoms with E-state index in [1.807, 2.05) is 6.92 Å². The molecule has 0 saturated carbocycles. The standard InChI is InChI=1S/C16H14F3N3O/c1-3-22-14(10-6-4-5-7-11(10)16(17,18)19)20-12-8-9-13(23-2)21-15(12)22/h4-9H,3H2,1-2H3. The molecule has 4 nitrogen and oxygen atoms in total. The minimum Gasteiger partial charge on any atom is -0.481 e. The van der Waals surface area contributed by atoms with Crippen molar-refractivity contribution in [3.63, 3.8) is 0 Å². The number of ether oxygens (including phenoxy) is 1. The largest absolute Gasteiger partial charge is 0.481 e. The van der Waals surface area contributed by atoms with Gasteiger partial charge in [0.1, 0.15) is 11.3 Å². The van der Waals surface area contributed by atoms with E-state index in [4.69, 9.17) is 4.74 Å². The fraction of sp³-hybridized carbons (Fsp3) is 0.250. The molecule has 120 valence electrons. The van der Waals surface area contributed by atoms with E-state index in [2.05, 4.69) is 9.97 Å². The van der Waals surface area contributed by atoms with Crippen LogP contribution < -0.4 is 4.74 Å². The number of fused-ring (bicyclic) bond motifs is 1. The molecule has 0 amide bonds. The first-order valence-electron chi connectivity index (χ1n) is 7.03. The Bertz CT molecular complexity index is 855. The summed E-state index contributed by atoms with van der Waals surface area (Å²) in [5, 5.41) is 0. The van der Waals surface area contributed by atoms with E-state index < -0.39 is 11.7 Å². The summed E-state index contributed by atoms with van der Waals surface area (Å²) >= 11 is 0. The van der Waals surface area contributed by atoms with Crippen LogP contribution in [0.3, 0.4) is 0 Å². The zero-order chi connectivity index (χ0) is 16.6. The number of rotatable bonds is 3. The van der Waals surface area contributed by atoms with Crippen LogP contribution in [-0.2, 0) is 12.7 Å². The second-order valence-corrected chi connectivity index (χ2v) is 4.92. The molecule has 3 rings (SSSR count). The van der Waals surface area contributed by atoms with E-state index in [0.29, 0.717) is 23.6 Å². The molecular formula is C16H14F3N3O. The summed E-state index contributed by atoms with van der Waals surface area (Å²) in [6.07, 6.45) is -4.45. The number of aromatic nitrogens is 3. The first-order valence-corrected chi connectivity index (χ1v) is 7.03. The first kappa shape index (κ1) is 15.3. The molecule has 0 atom stereocenters. The van der Waals surface area contributed by atoms with Gasteiger partial charge in [0.15, 0.2) is 5.65 Å². The van der Waals surface area contributed by atoms with Gasteiger partial charge in [-0.15, -0.1) is 0 Å². The summed E-state index contributed by atoms with van der Waals surface area (Å²) in [5.74, 6) is 0.638. The van der Waals surface area contributed by atoms with Crippen LogP contribution in [0.1, 0.15) is 12.5 Å². The Labute approximate surface area is 130 Å². The Morgan fingerprint density at radius 3 is 2.48 bits per heavy atom. The number of hydrogen-bond acceptors (Lipinski definition) is 3. The van der Waals surface area contributed by atoms with Crippen molar-refractivity contribution in [2.45, 2.75) is 19.6 Å². The molecule has 0 aliphatic rings. The number of methoxy groups -OCH3 is 1. The molecule has 0 fully saturated rings. The maximum atomic E-state index is 13.3. The molecule has 0 unspecified atom stereocenters. The molecule has 1 aromatic carbocycles. The van der Waals surface area contributed by atoms with Crippen molar-refractivity contribution in [2.75, 3.05) is 7.11 Å². The van der Waals surface area contributed by atoms with Gasteiger partial charge in [0.25, 0.3) is 0 Å². The maximum absolute atomic E-state index is 13.3. The molecule has 0 N–H and O–H groups in total. The van der Waals surface area contributed by atoms with E-state index >= 15 is 0 Å². The maximum Gasteiger partial charge on any atom is 0.417 e. The van der Waals surface area contributed by atoms with Crippen LogP contribution >= 0.6 is 0 Å². The summed E-state index contributed by atoms with van der Waals surface area (Å²) in [7, 11) is 1.49. The Balaban J connectivity index is 2.29. The van der Waals surface area contributed by atoms with Crippen molar-refractivity contribution < 1.29 is 17.9 Å². The van der Waals surface area contributed by atoms with Crippen molar-refractivity contribution in [1.82, 2.24) is 14.5 Å². The number of halogens is 3. The summed E-state index contributed by atoms with van der Waals surface area (Å²) in [5.41, 5.74) is 0.356. The summed E-state index contributed by atoms with van der Waals surface area (Å²) in [6.45, 7) is 2.28. The average molecular weight is 321 g/mol. The van der Waals surface area contributed by atoms with Crippen LogP contribution in [0.5, 0.6) is 5.88 Å². The highest BCUT2D eigenvalue weighted by molar-refractivity contribution is 5.78. The lowest BCUT2D eigenvalue weighted by atomic mass is 10.1. The second kappa shape index (κ2) is 5.57. The number of benzene rings is 1. The van der Waals surface area contributed by atoms with Gasteiger partial charge in [0.2, 0.25) is 5.88 Å². The fourth-order valence-corrected chi connectivity index (χ4v) is 2.53. The molecule has 7 heteroatoms. The molecule has 0 radical (unpaired) electrons. The average Bonchev–Trinajstić information content (AvgIpc) is 2.91. The van der Waals surface area contributed by atoms with Crippen LogP contribution in [0.25, 0.3) is 22.6 Å². The van der Waals surface area contributed by atoms with Crippen molar-refractivity contribution in [3.8, 4) is 17.3 Å². The van der Waals surface area contributed by atoms with E-state index in [-0.39, 0.29) is 11.4 Å². The number of nitrogens with zero attached hydrogens (tertiary/aromatic N) is 3. The molecule has 2 aromatic heterocycles. The minimum absolute atomic E-state index is 0.0406. The number of aryl methyl sites for hydroxylation is 1. The highest BCUT2D eigenvalue weighted by Gasteiger charge is 2.34. The van der Waals surface area contributed by atoms with Crippen molar-refractivity contribution in [3.05, 3.63) is 42.0 Å². The third-order valence-electron chi connectivity index (χ3n) is 3.57. The van der Waals surface area contributed by atoms with E-state index in [1.165, 1.54) is 19.2 Å². The lowest BCUT2D eigenvalue weighted by Gasteiger charge is -2.13. The summed E-state index contributed by atoms with van der Waals surface area (Å²) in [6, 6.07) is 8.74.